The van der Waals surface area contributed by atoms with Crippen molar-refractivity contribution in [3.63, 3.8) is 0 Å². The lowest BCUT2D eigenvalue weighted by Crippen LogP contribution is -2.18. The van der Waals surface area contributed by atoms with Crippen molar-refractivity contribution >= 4 is 23.2 Å². The van der Waals surface area contributed by atoms with Crippen molar-refractivity contribution in [2.45, 2.75) is 23.5 Å². The van der Waals surface area contributed by atoms with Gasteiger partial charge in [-0.15, -0.1) is 11.8 Å². The Morgan fingerprint density at radius 1 is 0.897 bits per heavy atom. The second-order valence-corrected chi connectivity index (χ2v) is 7.67. The average molecular weight is 412 g/mol. The number of hydrogen-bond acceptors (Lipinski definition) is 3. The van der Waals surface area contributed by atoms with Gasteiger partial charge in [-0.3, -0.25) is 5.01 Å². The van der Waals surface area contributed by atoms with Crippen molar-refractivity contribution < 1.29 is 13.2 Å². The lowest BCUT2D eigenvalue weighted by Gasteiger charge is -2.24. The van der Waals surface area contributed by atoms with E-state index in [1.165, 1.54) is 17.0 Å². The smallest absolute Gasteiger partial charge is 0.257 e. The first-order chi connectivity index (χ1) is 14.0. The van der Waals surface area contributed by atoms with Crippen LogP contribution >= 0.6 is 11.8 Å². The minimum absolute atomic E-state index is 0.00870. The van der Waals surface area contributed by atoms with Gasteiger partial charge in [0.1, 0.15) is 0 Å². The van der Waals surface area contributed by atoms with Gasteiger partial charge in [0.2, 0.25) is 0 Å². The van der Waals surface area contributed by atoms with E-state index in [1.807, 2.05) is 41.6 Å². The molecule has 0 saturated carbocycles. The number of hydrogen-bond donors (Lipinski definition) is 0. The molecule has 148 valence electrons. The molecule has 4 rings (SSSR count). The highest BCUT2D eigenvalue weighted by molar-refractivity contribution is 7.98. The van der Waals surface area contributed by atoms with Crippen LogP contribution in [0.3, 0.4) is 0 Å². The Hall–Kier alpha value is -2.73. The lowest BCUT2D eigenvalue weighted by molar-refractivity contribution is -0.137. The zero-order valence-corrected chi connectivity index (χ0v) is 16.5. The Balaban J connectivity index is 1.68. The molecule has 1 heterocycles. The van der Waals surface area contributed by atoms with Crippen LogP contribution in [0.1, 0.15) is 29.2 Å². The molecule has 0 radical (unpaired) electrons. The van der Waals surface area contributed by atoms with Crippen LogP contribution in [0.5, 0.6) is 0 Å². The summed E-state index contributed by atoms with van der Waals surface area (Å²) in [5, 5.41) is 6.74. The summed E-state index contributed by atoms with van der Waals surface area (Å²) in [6.07, 6.45) is -1.68. The fourth-order valence-electron chi connectivity index (χ4n) is 3.44. The highest BCUT2D eigenvalue weighted by atomic mass is 32.2. The van der Waals surface area contributed by atoms with Crippen LogP contribution in [0.4, 0.5) is 18.9 Å². The normalized spacial score (nSPS) is 16.8. The van der Waals surface area contributed by atoms with Crippen LogP contribution in [0.15, 0.2) is 88.9 Å². The summed E-state index contributed by atoms with van der Waals surface area (Å²) in [6, 6.07) is 23.4. The summed E-state index contributed by atoms with van der Waals surface area (Å²) < 4.78 is 38.7. The first kappa shape index (κ1) is 19.6. The number of thioether (sulfide) groups is 1. The van der Waals surface area contributed by atoms with Crippen molar-refractivity contribution in [2.75, 3.05) is 11.3 Å². The van der Waals surface area contributed by atoms with Crippen LogP contribution in [0.2, 0.25) is 0 Å². The Bertz CT molecular complexity index is 997. The number of hydrazone groups is 1. The average Bonchev–Trinajstić information content (AvgIpc) is 3.19. The van der Waals surface area contributed by atoms with Gasteiger partial charge < -0.3 is 0 Å². The minimum atomic E-state index is -4.34. The minimum Gasteiger partial charge on any atom is -0.257 e. The number of anilines is 1. The van der Waals surface area contributed by atoms with Crippen LogP contribution in [-0.2, 0) is 6.18 Å². The maximum Gasteiger partial charge on any atom is 0.416 e. The molecule has 29 heavy (non-hydrogen) atoms. The van der Waals surface area contributed by atoms with Gasteiger partial charge in [0.25, 0.3) is 0 Å². The van der Waals surface area contributed by atoms with Gasteiger partial charge in [-0.25, -0.2) is 0 Å². The monoisotopic (exact) mass is 412 g/mol. The van der Waals surface area contributed by atoms with E-state index in [0.29, 0.717) is 12.0 Å². The molecule has 6 heteroatoms. The Kier molecular flexibility index (Phi) is 5.37. The van der Waals surface area contributed by atoms with Crippen LogP contribution in [-0.4, -0.2) is 12.0 Å². The fraction of sp³-hybridized carbons (Fsp3) is 0.174. The number of para-hydroxylation sites is 1. The van der Waals surface area contributed by atoms with Gasteiger partial charge in [-0.1, -0.05) is 42.5 Å². The zero-order valence-electron chi connectivity index (χ0n) is 15.7. The van der Waals surface area contributed by atoms with Crippen LogP contribution in [0, 0.1) is 0 Å². The first-order valence-electron chi connectivity index (χ1n) is 9.19. The topological polar surface area (TPSA) is 15.6 Å². The van der Waals surface area contributed by atoms with E-state index in [1.54, 1.807) is 11.8 Å². The summed E-state index contributed by atoms with van der Waals surface area (Å²) in [5.41, 5.74) is 2.92. The summed E-state index contributed by atoms with van der Waals surface area (Å²) in [5.74, 6) is 0. The van der Waals surface area contributed by atoms with Gasteiger partial charge in [0.15, 0.2) is 0 Å². The van der Waals surface area contributed by atoms with Gasteiger partial charge >= 0.3 is 6.18 Å². The van der Waals surface area contributed by atoms with E-state index in [-0.39, 0.29) is 6.04 Å². The summed E-state index contributed by atoms with van der Waals surface area (Å²) in [4.78, 5) is 1.18. The van der Waals surface area contributed by atoms with Crippen molar-refractivity contribution in [2.24, 2.45) is 5.10 Å². The highest BCUT2D eigenvalue weighted by Gasteiger charge is 2.32. The molecule has 0 fully saturated rings. The molecule has 1 aliphatic rings. The number of rotatable bonds is 4. The van der Waals surface area contributed by atoms with Gasteiger partial charge in [-0.2, -0.15) is 18.3 Å². The quantitative estimate of drug-likeness (QED) is 0.439. The van der Waals surface area contributed by atoms with E-state index in [4.69, 9.17) is 5.10 Å². The van der Waals surface area contributed by atoms with Crippen molar-refractivity contribution in [1.29, 1.82) is 0 Å². The number of halogens is 3. The van der Waals surface area contributed by atoms with E-state index in [2.05, 4.69) is 24.3 Å². The lowest BCUT2D eigenvalue weighted by atomic mass is 9.97. The predicted molar refractivity (Wildman–Crippen MR) is 112 cm³/mol. The fourth-order valence-corrected chi connectivity index (χ4v) is 3.85. The molecular weight excluding hydrogens is 393 g/mol. The second kappa shape index (κ2) is 7.95. The molecule has 0 spiro atoms. The molecule has 0 aliphatic carbocycles. The molecule has 0 N–H and O–H groups in total. The molecule has 1 aliphatic heterocycles. The molecule has 0 bridgehead atoms. The van der Waals surface area contributed by atoms with Gasteiger partial charge in [0.05, 0.1) is 23.0 Å². The number of benzene rings is 3. The summed E-state index contributed by atoms with van der Waals surface area (Å²) in [6.45, 7) is 0. The maximum absolute atomic E-state index is 12.9. The van der Waals surface area contributed by atoms with E-state index in [0.717, 1.165) is 29.1 Å². The van der Waals surface area contributed by atoms with Crippen molar-refractivity contribution in [3.8, 4) is 0 Å². The van der Waals surface area contributed by atoms with Gasteiger partial charge in [-0.05, 0) is 53.8 Å². The largest absolute Gasteiger partial charge is 0.416 e. The third-order valence-electron chi connectivity index (χ3n) is 4.98. The first-order valence-corrected chi connectivity index (χ1v) is 10.4. The maximum atomic E-state index is 12.9. The summed E-state index contributed by atoms with van der Waals surface area (Å²) >= 11 is 1.68. The SMILES string of the molecule is CSc1ccc(C2CC(c3ccc(C(F)(F)F)cc3)=NN2c2ccccc2)cc1. The Labute approximate surface area is 172 Å². The Morgan fingerprint density at radius 2 is 1.55 bits per heavy atom. The second-order valence-electron chi connectivity index (χ2n) is 6.80. The molecule has 0 aromatic heterocycles. The van der Waals surface area contributed by atoms with Crippen molar-refractivity contribution in [1.82, 2.24) is 0 Å². The third-order valence-corrected chi connectivity index (χ3v) is 5.72. The van der Waals surface area contributed by atoms with Crippen LogP contribution in [0.25, 0.3) is 0 Å². The highest BCUT2D eigenvalue weighted by Crippen LogP contribution is 2.37. The van der Waals surface area contributed by atoms with E-state index >= 15 is 0 Å². The molecule has 3 aromatic carbocycles. The molecule has 0 saturated heterocycles. The molecule has 2 nitrogen and oxygen atoms in total. The number of alkyl halides is 3. The molecule has 1 atom stereocenters. The molecule has 3 aromatic rings. The molecule has 1 unspecified atom stereocenters. The Morgan fingerprint density at radius 3 is 2.14 bits per heavy atom. The van der Waals surface area contributed by atoms with Gasteiger partial charge in [0, 0.05) is 11.3 Å². The molecule has 0 amide bonds. The predicted octanol–water partition coefficient (Wildman–Crippen LogP) is 6.78. The third kappa shape index (κ3) is 4.17. The zero-order chi connectivity index (χ0) is 20.4. The summed E-state index contributed by atoms with van der Waals surface area (Å²) in [7, 11) is 0. The molecular formula is C23H19F3N2S. The van der Waals surface area contributed by atoms with E-state index in [9.17, 15) is 13.2 Å². The van der Waals surface area contributed by atoms with Crippen LogP contribution < -0.4 is 5.01 Å². The van der Waals surface area contributed by atoms with E-state index < -0.39 is 11.7 Å². The number of nitrogens with zero attached hydrogens (tertiary/aromatic N) is 2. The van der Waals surface area contributed by atoms with Crippen molar-refractivity contribution in [3.05, 3.63) is 95.6 Å². The standard InChI is InChI=1S/C23H19F3N2S/c1-29-20-13-9-17(10-14-20)22-15-21(27-28(22)19-5-3-2-4-6-19)16-7-11-18(12-8-16)23(24,25)26/h2-14,22H,15H2,1H3.